The Kier molecular flexibility index (Phi) is 6.08. The first-order valence-electron chi connectivity index (χ1n) is 8.66. The molecule has 140 valence electrons. The van der Waals surface area contributed by atoms with Gasteiger partial charge in [0.05, 0.1) is 5.02 Å². The summed E-state index contributed by atoms with van der Waals surface area (Å²) in [4.78, 5) is 16.4. The van der Waals surface area contributed by atoms with Crippen molar-refractivity contribution in [1.82, 2.24) is 10.1 Å². The minimum Gasteiger partial charge on any atom is -0.456 e. The molecular formula is C20H20ClN3O3. The number of hydrogen-bond acceptors (Lipinski definition) is 5. The van der Waals surface area contributed by atoms with Gasteiger partial charge in [-0.3, -0.25) is 4.79 Å². The highest BCUT2D eigenvalue weighted by Crippen LogP contribution is 2.29. The van der Waals surface area contributed by atoms with Crippen molar-refractivity contribution in [3.63, 3.8) is 0 Å². The van der Waals surface area contributed by atoms with E-state index in [4.69, 9.17) is 20.9 Å². The largest absolute Gasteiger partial charge is 0.456 e. The summed E-state index contributed by atoms with van der Waals surface area (Å²) in [5.74, 6) is 2.41. The smallest absolute Gasteiger partial charge is 0.227 e. The minimum atomic E-state index is -0.126. The second kappa shape index (κ2) is 8.68. The van der Waals surface area contributed by atoms with Crippen LogP contribution in [0.1, 0.15) is 37.9 Å². The molecule has 2 aromatic carbocycles. The van der Waals surface area contributed by atoms with Gasteiger partial charge in [-0.15, -0.1) is 0 Å². The van der Waals surface area contributed by atoms with E-state index in [1.165, 1.54) is 0 Å². The van der Waals surface area contributed by atoms with E-state index in [2.05, 4.69) is 15.5 Å². The van der Waals surface area contributed by atoms with Crippen molar-refractivity contribution in [2.75, 3.05) is 5.32 Å². The number of nitrogens with zero attached hydrogens (tertiary/aromatic N) is 2. The number of carbonyl (C=O) groups excluding carboxylic acids is 1. The summed E-state index contributed by atoms with van der Waals surface area (Å²) in [6.07, 6.45) is 0.664. The Morgan fingerprint density at radius 2 is 1.93 bits per heavy atom. The van der Waals surface area contributed by atoms with Gasteiger partial charge in [0.2, 0.25) is 11.8 Å². The van der Waals surface area contributed by atoms with Gasteiger partial charge >= 0.3 is 0 Å². The van der Waals surface area contributed by atoms with Gasteiger partial charge in [0.25, 0.3) is 0 Å². The van der Waals surface area contributed by atoms with Gasteiger partial charge in [-0.25, -0.2) is 0 Å². The lowest BCUT2D eigenvalue weighted by Crippen LogP contribution is -2.12. The molecule has 27 heavy (non-hydrogen) atoms. The van der Waals surface area contributed by atoms with Gasteiger partial charge in [-0.05, 0) is 36.4 Å². The third-order valence-electron chi connectivity index (χ3n) is 3.77. The van der Waals surface area contributed by atoms with E-state index in [0.717, 1.165) is 0 Å². The first-order chi connectivity index (χ1) is 13.0. The number of benzene rings is 2. The van der Waals surface area contributed by atoms with Gasteiger partial charge in [0.1, 0.15) is 11.5 Å². The van der Waals surface area contributed by atoms with Crippen LogP contribution in [0.25, 0.3) is 0 Å². The monoisotopic (exact) mass is 385 g/mol. The number of carbonyl (C=O) groups is 1. The lowest BCUT2D eigenvalue weighted by Gasteiger charge is -2.09. The number of hydrogen-bond donors (Lipinski definition) is 1. The fourth-order valence-corrected chi connectivity index (χ4v) is 2.48. The first-order valence-corrected chi connectivity index (χ1v) is 9.04. The number of ether oxygens (including phenoxy) is 1. The molecule has 1 aromatic heterocycles. The van der Waals surface area contributed by atoms with Crippen LogP contribution < -0.4 is 10.1 Å². The number of anilines is 1. The van der Waals surface area contributed by atoms with Crippen LogP contribution in [0.3, 0.4) is 0 Å². The van der Waals surface area contributed by atoms with E-state index in [1.807, 2.05) is 26.0 Å². The summed E-state index contributed by atoms with van der Waals surface area (Å²) in [5, 5.41) is 7.26. The molecule has 1 N–H and O–H groups in total. The zero-order valence-electron chi connectivity index (χ0n) is 15.1. The molecule has 0 unspecified atom stereocenters. The Morgan fingerprint density at radius 1 is 1.19 bits per heavy atom. The molecule has 0 spiro atoms. The van der Waals surface area contributed by atoms with E-state index in [-0.39, 0.29) is 18.2 Å². The van der Waals surface area contributed by atoms with E-state index < -0.39 is 0 Å². The van der Waals surface area contributed by atoms with Crippen LogP contribution in [0.4, 0.5) is 5.69 Å². The topological polar surface area (TPSA) is 77.2 Å². The Labute approximate surface area is 162 Å². The average molecular weight is 386 g/mol. The number of amides is 1. The molecule has 1 heterocycles. The summed E-state index contributed by atoms with van der Waals surface area (Å²) in [7, 11) is 0. The van der Waals surface area contributed by atoms with E-state index >= 15 is 0 Å². The van der Waals surface area contributed by atoms with E-state index in [0.29, 0.717) is 40.3 Å². The fraction of sp³-hybridized carbons (Fsp3) is 0.250. The van der Waals surface area contributed by atoms with E-state index in [1.54, 1.807) is 36.4 Å². The zero-order chi connectivity index (χ0) is 19.2. The van der Waals surface area contributed by atoms with Crippen LogP contribution in [-0.2, 0) is 11.2 Å². The first kappa shape index (κ1) is 18.9. The number of nitrogens with one attached hydrogen (secondary N) is 1. The van der Waals surface area contributed by atoms with Crippen molar-refractivity contribution < 1.29 is 14.1 Å². The van der Waals surface area contributed by atoms with Gasteiger partial charge < -0.3 is 14.6 Å². The van der Waals surface area contributed by atoms with Crippen molar-refractivity contribution in [3.8, 4) is 11.5 Å². The van der Waals surface area contributed by atoms with Crippen LogP contribution in [0.15, 0.2) is 53.1 Å². The Hall–Kier alpha value is -2.86. The summed E-state index contributed by atoms with van der Waals surface area (Å²) in [6.45, 7) is 3.97. The molecule has 0 fully saturated rings. The molecule has 0 radical (unpaired) electrons. The Bertz CT molecular complexity index is 907. The second-order valence-corrected chi connectivity index (χ2v) is 6.71. The SMILES string of the molecule is CC(C)c1noc(CCC(=O)Nc2ccc(Oc3ccccc3Cl)cc2)n1. The van der Waals surface area contributed by atoms with E-state index in [9.17, 15) is 4.79 Å². The van der Waals surface area contributed by atoms with Crippen molar-refractivity contribution in [1.29, 1.82) is 0 Å². The molecule has 1 amide bonds. The maximum Gasteiger partial charge on any atom is 0.227 e. The highest BCUT2D eigenvalue weighted by Gasteiger charge is 2.11. The van der Waals surface area contributed by atoms with Crippen molar-refractivity contribution >= 4 is 23.2 Å². The zero-order valence-corrected chi connectivity index (χ0v) is 15.9. The standard InChI is InChI=1S/C20H20ClN3O3/c1-13(2)20-23-19(27-24-20)12-11-18(25)22-14-7-9-15(10-8-14)26-17-6-4-3-5-16(17)21/h3-10,13H,11-12H2,1-2H3,(H,22,25). The van der Waals surface area contributed by atoms with Crippen LogP contribution in [0, 0.1) is 0 Å². The maximum absolute atomic E-state index is 12.1. The number of rotatable bonds is 7. The average Bonchev–Trinajstić information content (AvgIpc) is 3.13. The molecule has 7 heteroatoms. The summed E-state index contributed by atoms with van der Waals surface area (Å²) < 4.78 is 10.9. The van der Waals surface area contributed by atoms with Crippen molar-refractivity contribution in [2.45, 2.75) is 32.6 Å². The highest BCUT2D eigenvalue weighted by atomic mass is 35.5. The molecular weight excluding hydrogens is 366 g/mol. The predicted octanol–water partition coefficient (Wildman–Crippen LogP) is 5.21. The van der Waals surface area contributed by atoms with Crippen LogP contribution in [0.5, 0.6) is 11.5 Å². The van der Waals surface area contributed by atoms with Gasteiger partial charge in [0, 0.05) is 24.4 Å². The summed E-state index contributed by atoms with van der Waals surface area (Å²) >= 11 is 6.08. The van der Waals surface area contributed by atoms with Crippen molar-refractivity contribution in [2.24, 2.45) is 0 Å². The molecule has 0 saturated heterocycles. The van der Waals surface area contributed by atoms with Gasteiger partial charge in [-0.2, -0.15) is 4.98 Å². The molecule has 0 aliphatic rings. The molecule has 0 bridgehead atoms. The lowest BCUT2D eigenvalue weighted by molar-refractivity contribution is -0.116. The molecule has 6 nitrogen and oxygen atoms in total. The molecule has 3 aromatic rings. The maximum atomic E-state index is 12.1. The molecule has 0 aliphatic carbocycles. The quantitative estimate of drug-likeness (QED) is 0.604. The Morgan fingerprint density at radius 3 is 2.59 bits per heavy atom. The summed E-state index contributed by atoms with van der Waals surface area (Å²) in [6, 6.07) is 14.3. The Balaban J connectivity index is 1.51. The highest BCUT2D eigenvalue weighted by molar-refractivity contribution is 6.32. The molecule has 0 atom stereocenters. The van der Waals surface area contributed by atoms with Crippen LogP contribution >= 0.6 is 11.6 Å². The third kappa shape index (κ3) is 5.31. The van der Waals surface area contributed by atoms with Gasteiger partial charge in [0.15, 0.2) is 5.82 Å². The fourth-order valence-electron chi connectivity index (χ4n) is 2.31. The van der Waals surface area contributed by atoms with Crippen LogP contribution in [0.2, 0.25) is 5.02 Å². The number of halogens is 1. The number of para-hydroxylation sites is 1. The molecule has 3 rings (SSSR count). The van der Waals surface area contributed by atoms with Gasteiger partial charge in [-0.1, -0.05) is 42.7 Å². The normalized spacial score (nSPS) is 10.8. The third-order valence-corrected chi connectivity index (χ3v) is 4.08. The van der Waals surface area contributed by atoms with Crippen LogP contribution in [-0.4, -0.2) is 16.0 Å². The predicted molar refractivity (Wildman–Crippen MR) is 103 cm³/mol. The second-order valence-electron chi connectivity index (χ2n) is 6.31. The lowest BCUT2D eigenvalue weighted by atomic mass is 10.2. The number of aryl methyl sites for hydroxylation is 1. The number of aromatic nitrogens is 2. The molecule has 0 aliphatic heterocycles. The van der Waals surface area contributed by atoms with Crippen molar-refractivity contribution in [3.05, 3.63) is 65.3 Å². The summed E-state index contributed by atoms with van der Waals surface area (Å²) in [5.41, 5.74) is 0.680. The molecule has 0 saturated carbocycles. The minimum absolute atomic E-state index is 0.126.